The predicted octanol–water partition coefficient (Wildman–Crippen LogP) is 2.47. The van der Waals surface area contributed by atoms with Gasteiger partial charge in [0.1, 0.15) is 22.8 Å². The van der Waals surface area contributed by atoms with Gasteiger partial charge in [0.05, 0.1) is 35.5 Å². The lowest BCUT2D eigenvalue weighted by molar-refractivity contribution is -0.192. The molecule has 4 N–H and O–H groups in total. The second-order valence-electron chi connectivity index (χ2n) is 11.8. The number of fused-ring (bicyclic) bond motifs is 1. The Morgan fingerprint density at radius 2 is 1.73 bits per heavy atom. The van der Waals surface area contributed by atoms with Crippen LogP contribution in [0.1, 0.15) is 26.4 Å². The largest absolute Gasteiger partial charge is 0.494 e. The highest BCUT2D eigenvalue weighted by molar-refractivity contribution is 6.45. The van der Waals surface area contributed by atoms with Crippen LogP contribution in [-0.2, 0) is 16.0 Å². The maximum atomic E-state index is 13.7. The maximum absolute atomic E-state index is 13.7. The fourth-order valence-electron chi connectivity index (χ4n) is 5.65. The number of pyridine rings is 2. The van der Waals surface area contributed by atoms with Crippen molar-refractivity contribution in [2.45, 2.75) is 12.6 Å². The summed E-state index contributed by atoms with van der Waals surface area (Å²) in [7, 11) is 1.46. The molecule has 18 nitrogen and oxygen atoms in total. The molecule has 7 rings (SSSR count). The number of aliphatic carboxylic acids is 1. The summed E-state index contributed by atoms with van der Waals surface area (Å²) >= 11 is 0. The molecule has 0 atom stereocenters. The molecule has 1 saturated heterocycles. The van der Waals surface area contributed by atoms with Gasteiger partial charge in [0, 0.05) is 51.3 Å². The Labute approximate surface area is 308 Å². The van der Waals surface area contributed by atoms with Crippen molar-refractivity contribution in [3.05, 3.63) is 90.1 Å². The lowest BCUT2D eigenvalue weighted by Gasteiger charge is -2.34. The first-order valence-electron chi connectivity index (χ1n) is 16.5. The van der Waals surface area contributed by atoms with E-state index in [2.05, 4.69) is 46.0 Å². The number of nitrogens with one attached hydrogen (secondary N) is 3. The van der Waals surface area contributed by atoms with Gasteiger partial charge in [-0.15, -0.1) is 0 Å². The molecule has 2 amide bonds. The van der Waals surface area contributed by atoms with Crippen LogP contribution in [0.25, 0.3) is 28.0 Å². The molecule has 6 aromatic rings. The highest BCUT2D eigenvalue weighted by atomic mass is 19.4. The molecule has 1 aromatic carbocycles. The Morgan fingerprint density at radius 1 is 1.02 bits per heavy atom. The molecular formula is C34H31F3N12O6. The first-order chi connectivity index (χ1) is 26.5. The number of para-hydroxylation sites is 1. The van der Waals surface area contributed by atoms with Crippen LogP contribution in [0.3, 0.4) is 0 Å². The molecule has 0 radical (unpaired) electrons. The molecule has 0 saturated carbocycles. The number of halogens is 3. The van der Waals surface area contributed by atoms with Crippen LogP contribution < -0.4 is 15.0 Å². The molecule has 21 heteroatoms. The molecule has 284 valence electrons. The molecule has 0 bridgehead atoms. The zero-order chi connectivity index (χ0) is 39.1. The van der Waals surface area contributed by atoms with Crippen LogP contribution in [0.2, 0.25) is 0 Å². The summed E-state index contributed by atoms with van der Waals surface area (Å²) < 4.78 is 38.9. The normalized spacial score (nSPS) is 12.9. The number of hydrogen-bond donors (Lipinski definition) is 4. The van der Waals surface area contributed by atoms with Crippen molar-refractivity contribution in [3.8, 4) is 22.8 Å². The maximum Gasteiger partial charge on any atom is 0.490 e. The van der Waals surface area contributed by atoms with Gasteiger partial charge in [-0.1, -0.05) is 23.3 Å². The number of Topliss-reactive ketones (excluding diaryl/α,β-unsaturated/α-hetero) is 1. The monoisotopic (exact) mass is 760 g/mol. The number of carboxylic acid groups (broad SMARTS) is 1. The van der Waals surface area contributed by atoms with Crippen LogP contribution >= 0.6 is 0 Å². The SMILES string of the molecule is COc1cnc(-c2cc(C(=O)NCCc3ccncc3)[nH]n2)c2[nH]cc(C(=O)C(=O)N3CCN(c4nnnn4-c4ccccc4)CC3)c12.O=C(O)C(F)(F)F. The summed E-state index contributed by atoms with van der Waals surface area (Å²) in [6.45, 7) is 1.92. The van der Waals surface area contributed by atoms with Crippen molar-refractivity contribution in [1.29, 1.82) is 0 Å². The third-order valence-corrected chi connectivity index (χ3v) is 8.39. The van der Waals surface area contributed by atoms with E-state index in [-0.39, 0.29) is 17.2 Å². The smallest absolute Gasteiger partial charge is 0.490 e. The molecular weight excluding hydrogens is 729 g/mol. The average Bonchev–Trinajstić information content (AvgIpc) is 3.99. The second kappa shape index (κ2) is 16.2. The highest BCUT2D eigenvalue weighted by Gasteiger charge is 2.38. The van der Waals surface area contributed by atoms with Gasteiger partial charge < -0.3 is 29.9 Å². The standard InChI is InChI=1S/C32H30N12O4.C2HF3O2/c1-48-25-19-36-27(23-17-24(38-37-23)30(46)34-12-9-20-7-10-33-11-8-20)28-26(25)22(18-35-28)29(45)31(47)42-13-15-43(16-14-42)32-39-40-41-44(32)21-5-3-2-4-6-21;3-2(4,5)1(6)7/h2-8,10-11,17-19,35H,9,12-16H2,1H3,(H,34,46)(H,37,38);(H,6,7). The number of nitrogens with zero attached hydrogens (tertiary/aromatic N) is 9. The van der Waals surface area contributed by atoms with Crippen molar-refractivity contribution in [2.24, 2.45) is 0 Å². The van der Waals surface area contributed by atoms with Crippen LogP contribution in [0.5, 0.6) is 5.75 Å². The molecule has 1 aliphatic heterocycles. The fraction of sp³-hybridized carbons (Fsp3) is 0.235. The van der Waals surface area contributed by atoms with Crippen molar-refractivity contribution >= 4 is 40.4 Å². The van der Waals surface area contributed by atoms with Gasteiger partial charge in [-0.05, 0) is 52.7 Å². The Kier molecular flexibility index (Phi) is 11.1. The van der Waals surface area contributed by atoms with E-state index in [0.717, 1.165) is 11.3 Å². The van der Waals surface area contributed by atoms with Gasteiger partial charge in [0.25, 0.3) is 17.6 Å². The number of carboxylic acids is 1. The average molecular weight is 761 g/mol. The molecule has 6 heterocycles. The molecule has 55 heavy (non-hydrogen) atoms. The van der Waals surface area contributed by atoms with E-state index in [1.165, 1.54) is 24.4 Å². The van der Waals surface area contributed by atoms with Gasteiger partial charge in [-0.2, -0.15) is 23.0 Å². The Morgan fingerprint density at radius 3 is 2.40 bits per heavy atom. The van der Waals surface area contributed by atoms with E-state index < -0.39 is 23.8 Å². The molecule has 1 aliphatic rings. The number of alkyl halides is 3. The quantitative estimate of drug-likeness (QED) is 0.116. The number of amides is 2. The molecule has 0 aliphatic carbocycles. The summed E-state index contributed by atoms with van der Waals surface area (Å²) in [4.78, 5) is 63.9. The molecule has 1 fully saturated rings. The number of ether oxygens (including phenoxy) is 1. The van der Waals surface area contributed by atoms with Gasteiger partial charge in [0.2, 0.25) is 5.95 Å². The Bertz CT molecular complexity index is 2300. The van der Waals surface area contributed by atoms with E-state index in [1.54, 1.807) is 23.1 Å². The number of tetrazole rings is 1. The summed E-state index contributed by atoms with van der Waals surface area (Å²) in [5.41, 5.74) is 3.48. The number of carbonyl (C=O) groups excluding carboxylic acids is 3. The van der Waals surface area contributed by atoms with E-state index in [4.69, 9.17) is 14.6 Å². The number of benzene rings is 1. The minimum absolute atomic E-state index is 0.149. The number of aromatic amines is 2. The summed E-state index contributed by atoms with van der Waals surface area (Å²) in [5, 5.41) is 29.6. The zero-order valence-corrected chi connectivity index (χ0v) is 28.8. The van der Waals surface area contributed by atoms with Gasteiger partial charge in [0.15, 0.2) is 0 Å². The number of H-pyrrole nitrogens is 2. The first-order valence-corrected chi connectivity index (χ1v) is 16.5. The number of rotatable bonds is 10. The highest BCUT2D eigenvalue weighted by Crippen LogP contribution is 2.34. The Hall–Kier alpha value is -7.19. The lowest BCUT2D eigenvalue weighted by Crippen LogP contribution is -2.51. The van der Waals surface area contributed by atoms with E-state index in [9.17, 15) is 27.6 Å². The second-order valence-corrected chi connectivity index (χ2v) is 11.8. The topological polar surface area (TPSA) is 230 Å². The summed E-state index contributed by atoms with van der Waals surface area (Å²) in [6.07, 6.45) is 1.92. The fourth-order valence-corrected chi connectivity index (χ4v) is 5.65. The zero-order valence-electron chi connectivity index (χ0n) is 28.8. The van der Waals surface area contributed by atoms with Gasteiger partial charge >= 0.3 is 12.1 Å². The summed E-state index contributed by atoms with van der Waals surface area (Å²) in [6, 6.07) is 14.9. The number of carbonyl (C=O) groups is 4. The van der Waals surface area contributed by atoms with Crippen molar-refractivity contribution in [2.75, 3.05) is 44.7 Å². The van der Waals surface area contributed by atoms with Crippen molar-refractivity contribution in [1.82, 2.24) is 55.6 Å². The number of aromatic nitrogens is 9. The van der Waals surface area contributed by atoms with E-state index >= 15 is 0 Å². The number of hydrogen-bond acceptors (Lipinski definition) is 12. The van der Waals surface area contributed by atoms with Crippen LogP contribution in [0.4, 0.5) is 19.1 Å². The number of piperazine rings is 1. The van der Waals surface area contributed by atoms with Crippen molar-refractivity contribution < 1.29 is 42.2 Å². The predicted molar refractivity (Wildman–Crippen MR) is 186 cm³/mol. The number of ketones is 1. The van der Waals surface area contributed by atoms with Crippen LogP contribution in [-0.4, -0.2) is 125 Å². The third kappa shape index (κ3) is 8.40. The van der Waals surface area contributed by atoms with E-state index in [1.807, 2.05) is 47.4 Å². The minimum atomic E-state index is -5.08. The lowest BCUT2D eigenvalue weighted by atomic mass is 10.1. The van der Waals surface area contributed by atoms with Crippen LogP contribution in [0.15, 0.2) is 73.3 Å². The number of methoxy groups -OCH3 is 1. The first kappa shape index (κ1) is 37.6. The minimum Gasteiger partial charge on any atom is -0.494 e. The Balaban J connectivity index is 0.000000672. The number of anilines is 1. The van der Waals surface area contributed by atoms with Crippen molar-refractivity contribution in [3.63, 3.8) is 0 Å². The molecule has 0 unspecified atom stereocenters. The van der Waals surface area contributed by atoms with E-state index in [0.29, 0.717) is 73.1 Å². The third-order valence-electron chi connectivity index (χ3n) is 8.39. The molecule has 0 spiro atoms. The summed E-state index contributed by atoms with van der Waals surface area (Å²) in [5.74, 6) is -3.53. The van der Waals surface area contributed by atoms with Crippen LogP contribution in [0, 0.1) is 0 Å². The van der Waals surface area contributed by atoms with Gasteiger partial charge in [-0.3, -0.25) is 24.5 Å². The molecule has 5 aromatic heterocycles. The van der Waals surface area contributed by atoms with Gasteiger partial charge in [-0.25, -0.2) is 9.78 Å².